The summed E-state index contributed by atoms with van der Waals surface area (Å²) < 4.78 is 0. The highest BCUT2D eigenvalue weighted by Gasteiger charge is 2.37. The first kappa shape index (κ1) is 16.2. The lowest BCUT2D eigenvalue weighted by molar-refractivity contribution is -0.147. The lowest BCUT2D eigenvalue weighted by Crippen LogP contribution is -2.52. The topological polar surface area (TPSA) is 57.6 Å². The summed E-state index contributed by atoms with van der Waals surface area (Å²) in [5.41, 5.74) is 0.454. The summed E-state index contributed by atoms with van der Waals surface area (Å²) in [6, 6.07) is 7.36. The molecular formula is C16H23NO3. The molecular weight excluding hydrogens is 254 g/mol. The Morgan fingerprint density at radius 3 is 2.05 bits per heavy atom. The lowest BCUT2D eigenvalue weighted by atomic mass is 9.99. The molecule has 1 rings (SSSR count). The van der Waals surface area contributed by atoms with Gasteiger partial charge in [0.15, 0.2) is 0 Å². The molecule has 0 saturated heterocycles. The van der Waals surface area contributed by atoms with Gasteiger partial charge in [0.2, 0.25) is 0 Å². The Balaban J connectivity index is 3.06. The van der Waals surface area contributed by atoms with Crippen LogP contribution in [0.25, 0.3) is 0 Å². The average Bonchev–Trinajstić information content (AvgIpc) is 2.39. The van der Waals surface area contributed by atoms with Crippen molar-refractivity contribution in [2.24, 2.45) is 0 Å². The first-order chi connectivity index (χ1) is 9.21. The Morgan fingerprint density at radius 1 is 1.20 bits per heavy atom. The van der Waals surface area contributed by atoms with Gasteiger partial charge in [-0.15, -0.1) is 0 Å². The SMILES string of the molecule is CCN(C(=O)c1ccc(C(C)C)cc1)C(C)(C)C(=O)O. The number of aliphatic carboxylic acids is 1. The molecule has 0 aliphatic rings. The van der Waals surface area contributed by atoms with Gasteiger partial charge in [-0.1, -0.05) is 26.0 Å². The van der Waals surface area contributed by atoms with E-state index < -0.39 is 11.5 Å². The van der Waals surface area contributed by atoms with Gasteiger partial charge in [-0.2, -0.15) is 0 Å². The molecule has 1 amide bonds. The van der Waals surface area contributed by atoms with Crippen LogP contribution in [0.2, 0.25) is 0 Å². The Kier molecular flexibility index (Phi) is 4.93. The summed E-state index contributed by atoms with van der Waals surface area (Å²) in [6.45, 7) is 9.39. The monoisotopic (exact) mass is 277 g/mol. The number of likely N-dealkylation sites (N-methyl/N-ethyl adjacent to an activating group) is 1. The van der Waals surface area contributed by atoms with Crippen molar-refractivity contribution in [3.8, 4) is 0 Å². The van der Waals surface area contributed by atoms with Crippen LogP contribution in [-0.2, 0) is 4.79 Å². The van der Waals surface area contributed by atoms with Crippen LogP contribution < -0.4 is 0 Å². The van der Waals surface area contributed by atoms with E-state index in [4.69, 9.17) is 0 Å². The quantitative estimate of drug-likeness (QED) is 0.899. The number of hydrogen-bond donors (Lipinski definition) is 1. The molecule has 1 aromatic carbocycles. The zero-order valence-electron chi connectivity index (χ0n) is 12.8. The van der Waals surface area contributed by atoms with E-state index in [2.05, 4.69) is 13.8 Å². The second-order valence-electron chi connectivity index (χ2n) is 5.69. The summed E-state index contributed by atoms with van der Waals surface area (Å²) in [5, 5.41) is 9.26. The van der Waals surface area contributed by atoms with Crippen LogP contribution in [0.3, 0.4) is 0 Å². The van der Waals surface area contributed by atoms with E-state index in [9.17, 15) is 14.7 Å². The fourth-order valence-electron chi connectivity index (χ4n) is 2.07. The number of carbonyl (C=O) groups excluding carboxylic acids is 1. The lowest BCUT2D eigenvalue weighted by Gasteiger charge is -2.34. The molecule has 0 aliphatic carbocycles. The van der Waals surface area contributed by atoms with E-state index in [0.29, 0.717) is 18.0 Å². The van der Waals surface area contributed by atoms with E-state index in [1.165, 1.54) is 4.90 Å². The minimum atomic E-state index is -1.22. The van der Waals surface area contributed by atoms with Crippen molar-refractivity contribution in [2.45, 2.75) is 46.1 Å². The Labute approximate surface area is 120 Å². The van der Waals surface area contributed by atoms with Gasteiger partial charge in [-0.05, 0) is 44.4 Å². The third-order valence-corrected chi connectivity index (χ3v) is 3.58. The predicted octanol–water partition coefficient (Wildman–Crippen LogP) is 3.14. The van der Waals surface area contributed by atoms with Gasteiger partial charge in [0.25, 0.3) is 5.91 Å². The molecule has 0 radical (unpaired) electrons. The molecule has 4 heteroatoms. The van der Waals surface area contributed by atoms with Crippen molar-refractivity contribution in [3.63, 3.8) is 0 Å². The second-order valence-corrected chi connectivity index (χ2v) is 5.69. The summed E-state index contributed by atoms with van der Waals surface area (Å²) in [4.78, 5) is 25.2. The van der Waals surface area contributed by atoms with Crippen molar-refractivity contribution >= 4 is 11.9 Å². The number of amides is 1. The molecule has 0 atom stereocenters. The van der Waals surface area contributed by atoms with E-state index in [-0.39, 0.29) is 5.91 Å². The molecule has 0 fully saturated rings. The molecule has 1 N–H and O–H groups in total. The van der Waals surface area contributed by atoms with E-state index in [1.807, 2.05) is 12.1 Å². The van der Waals surface area contributed by atoms with E-state index in [1.54, 1.807) is 32.9 Å². The Hall–Kier alpha value is -1.84. The van der Waals surface area contributed by atoms with E-state index >= 15 is 0 Å². The molecule has 20 heavy (non-hydrogen) atoms. The van der Waals surface area contributed by atoms with Gasteiger partial charge in [-0.25, -0.2) is 4.79 Å². The van der Waals surface area contributed by atoms with Crippen LogP contribution in [0.4, 0.5) is 0 Å². The van der Waals surface area contributed by atoms with Crippen molar-refractivity contribution in [1.29, 1.82) is 0 Å². The van der Waals surface area contributed by atoms with Gasteiger partial charge in [-0.3, -0.25) is 4.79 Å². The number of rotatable bonds is 5. The molecule has 0 aromatic heterocycles. The molecule has 0 spiro atoms. The van der Waals surface area contributed by atoms with Crippen LogP contribution in [0, 0.1) is 0 Å². The molecule has 0 bridgehead atoms. The third kappa shape index (κ3) is 3.18. The van der Waals surface area contributed by atoms with Gasteiger partial charge in [0.1, 0.15) is 5.54 Å². The molecule has 4 nitrogen and oxygen atoms in total. The highest BCUT2D eigenvalue weighted by atomic mass is 16.4. The zero-order chi connectivity index (χ0) is 15.5. The number of benzene rings is 1. The molecule has 0 unspecified atom stereocenters. The number of nitrogens with zero attached hydrogens (tertiary/aromatic N) is 1. The number of carboxylic acid groups (broad SMARTS) is 1. The number of carbonyl (C=O) groups is 2. The van der Waals surface area contributed by atoms with Gasteiger partial charge < -0.3 is 10.0 Å². The molecule has 0 heterocycles. The first-order valence-corrected chi connectivity index (χ1v) is 6.87. The smallest absolute Gasteiger partial charge is 0.329 e. The first-order valence-electron chi connectivity index (χ1n) is 6.87. The van der Waals surface area contributed by atoms with Gasteiger partial charge in [0, 0.05) is 12.1 Å². The normalized spacial score (nSPS) is 11.5. The zero-order valence-corrected chi connectivity index (χ0v) is 12.8. The maximum absolute atomic E-state index is 12.5. The van der Waals surface area contributed by atoms with Crippen molar-refractivity contribution in [3.05, 3.63) is 35.4 Å². The number of carboxylic acids is 1. The largest absolute Gasteiger partial charge is 0.480 e. The predicted molar refractivity (Wildman–Crippen MR) is 79.0 cm³/mol. The maximum Gasteiger partial charge on any atom is 0.329 e. The van der Waals surface area contributed by atoms with Gasteiger partial charge >= 0.3 is 5.97 Å². The molecule has 0 aliphatic heterocycles. The van der Waals surface area contributed by atoms with Crippen molar-refractivity contribution in [1.82, 2.24) is 4.90 Å². The maximum atomic E-state index is 12.5. The fraction of sp³-hybridized carbons (Fsp3) is 0.500. The Morgan fingerprint density at radius 2 is 1.70 bits per heavy atom. The molecule has 110 valence electrons. The van der Waals surface area contributed by atoms with Crippen LogP contribution in [-0.4, -0.2) is 34.0 Å². The van der Waals surface area contributed by atoms with Crippen LogP contribution in [0.5, 0.6) is 0 Å². The molecule has 0 saturated carbocycles. The summed E-state index contributed by atoms with van der Waals surface area (Å²) in [5.74, 6) is -0.862. The second kappa shape index (κ2) is 6.07. The summed E-state index contributed by atoms with van der Waals surface area (Å²) in [6.07, 6.45) is 0. The fourth-order valence-corrected chi connectivity index (χ4v) is 2.07. The standard InChI is InChI=1S/C16H23NO3/c1-6-17(16(4,5)15(19)20)14(18)13-9-7-12(8-10-13)11(2)3/h7-11H,6H2,1-5H3,(H,19,20). The highest BCUT2D eigenvalue weighted by Crippen LogP contribution is 2.20. The van der Waals surface area contributed by atoms with Gasteiger partial charge in [0.05, 0.1) is 0 Å². The summed E-state index contributed by atoms with van der Waals surface area (Å²) in [7, 11) is 0. The third-order valence-electron chi connectivity index (χ3n) is 3.58. The van der Waals surface area contributed by atoms with E-state index in [0.717, 1.165) is 5.56 Å². The highest BCUT2D eigenvalue weighted by molar-refractivity contribution is 5.97. The minimum absolute atomic E-state index is 0.254. The Bertz CT molecular complexity index is 489. The number of hydrogen-bond acceptors (Lipinski definition) is 2. The average molecular weight is 277 g/mol. The van der Waals surface area contributed by atoms with Crippen molar-refractivity contribution in [2.75, 3.05) is 6.54 Å². The van der Waals surface area contributed by atoms with Crippen molar-refractivity contribution < 1.29 is 14.7 Å². The van der Waals surface area contributed by atoms with Crippen LogP contribution >= 0.6 is 0 Å². The van der Waals surface area contributed by atoms with Crippen LogP contribution in [0.1, 0.15) is 56.5 Å². The van der Waals surface area contributed by atoms with Crippen LogP contribution in [0.15, 0.2) is 24.3 Å². The molecule has 1 aromatic rings. The summed E-state index contributed by atoms with van der Waals surface area (Å²) >= 11 is 0. The minimum Gasteiger partial charge on any atom is -0.480 e.